The normalized spacial score (nSPS) is 15.2. The molecule has 6 rings (SSSR count). The number of imidazole rings is 1. The summed E-state index contributed by atoms with van der Waals surface area (Å²) in [6.45, 7) is 0.466. The lowest BCUT2D eigenvalue weighted by atomic mass is 10.1. The first-order valence-corrected chi connectivity index (χ1v) is 9.82. The minimum absolute atomic E-state index is 0.124. The largest absolute Gasteiger partial charge is 0.491 e. The van der Waals surface area contributed by atoms with Crippen molar-refractivity contribution < 1.29 is 4.74 Å². The molecule has 31 heavy (non-hydrogen) atoms. The third kappa shape index (κ3) is 2.75. The number of nitrogens with zero attached hydrogens (tertiary/aromatic N) is 6. The third-order valence-electron chi connectivity index (χ3n) is 5.38. The lowest BCUT2D eigenvalue weighted by molar-refractivity contribution is 0.333. The predicted octanol–water partition coefficient (Wildman–Crippen LogP) is 2.64. The van der Waals surface area contributed by atoms with Gasteiger partial charge in [0.2, 0.25) is 0 Å². The van der Waals surface area contributed by atoms with E-state index in [2.05, 4.69) is 10.1 Å². The molecule has 9 nitrogen and oxygen atoms in total. The molecule has 0 unspecified atom stereocenters. The van der Waals surface area contributed by atoms with Crippen LogP contribution in [0.1, 0.15) is 11.6 Å². The summed E-state index contributed by atoms with van der Waals surface area (Å²) in [7, 11) is 0. The van der Waals surface area contributed by atoms with Crippen molar-refractivity contribution in [3.63, 3.8) is 0 Å². The zero-order valence-electron chi connectivity index (χ0n) is 16.4. The molecule has 152 valence electrons. The number of aromatic nitrogens is 6. The molecule has 1 aliphatic rings. The van der Waals surface area contributed by atoms with Gasteiger partial charge < -0.3 is 16.2 Å². The first-order valence-electron chi connectivity index (χ1n) is 9.82. The molecule has 4 N–H and O–H groups in total. The molecule has 0 saturated carbocycles. The van der Waals surface area contributed by atoms with E-state index in [1.54, 1.807) is 17.1 Å². The minimum Gasteiger partial charge on any atom is -0.491 e. The molecule has 1 atom stereocenters. The number of nitrogens with two attached hydrogens (primary N) is 2. The van der Waals surface area contributed by atoms with E-state index in [1.165, 1.54) is 0 Å². The Morgan fingerprint density at radius 2 is 1.97 bits per heavy atom. The summed E-state index contributed by atoms with van der Waals surface area (Å²) < 4.78 is 9.45. The van der Waals surface area contributed by atoms with Gasteiger partial charge in [-0.25, -0.2) is 19.6 Å². The summed E-state index contributed by atoms with van der Waals surface area (Å²) in [4.78, 5) is 13.9. The Labute approximate surface area is 176 Å². The lowest BCUT2D eigenvalue weighted by Gasteiger charge is -2.12. The maximum absolute atomic E-state index is 6.20. The summed E-state index contributed by atoms with van der Waals surface area (Å²) >= 11 is 0. The minimum atomic E-state index is -0.124. The molecule has 5 heterocycles. The highest BCUT2D eigenvalue weighted by atomic mass is 16.5. The molecule has 0 amide bonds. The van der Waals surface area contributed by atoms with Gasteiger partial charge >= 0.3 is 0 Å². The Morgan fingerprint density at radius 1 is 1.03 bits per heavy atom. The lowest BCUT2D eigenvalue weighted by Crippen LogP contribution is -2.10. The summed E-state index contributed by atoms with van der Waals surface area (Å²) in [6.07, 6.45) is 5.22. The van der Waals surface area contributed by atoms with Crippen molar-refractivity contribution in [2.75, 3.05) is 12.3 Å². The van der Waals surface area contributed by atoms with E-state index in [4.69, 9.17) is 26.2 Å². The van der Waals surface area contributed by atoms with Gasteiger partial charge in [-0.3, -0.25) is 4.57 Å². The van der Waals surface area contributed by atoms with Crippen LogP contribution in [-0.4, -0.2) is 35.9 Å². The van der Waals surface area contributed by atoms with E-state index in [-0.39, 0.29) is 6.04 Å². The van der Waals surface area contributed by atoms with Gasteiger partial charge in [-0.05, 0) is 36.4 Å². The molecule has 0 aliphatic carbocycles. The highest BCUT2D eigenvalue weighted by molar-refractivity contribution is 5.83. The molecule has 1 aliphatic heterocycles. The first-order chi connectivity index (χ1) is 15.2. The number of pyridine rings is 2. The summed E-state index contributed by atoms with van der Waals surface area (Å²) in [6, 6.07) is 15.2. The van der Waals surface area contributed by atoms with Crippen molar-refractivity contribution in [3.8, 4) is 28.6 Å². The van der Waals surface area contributed by atoms with Gasteiger partial charge in [0.15, 0.2) is 17.3 Å². The average Bonchev–Trinajstić information content (AvgIpc) is 3.52. The topological polar surface area (TPSA) is 123 Å². The predicted molar refractivity (Wildman–Crippen MR) is 116 cm³/mol. The van der Waals surface area contributed by atoms with Crippen LogP contribution in [0.15, 0.2) is 67.1 Å². The van der Waals surface area contributed by atoms with Crippen molar-refractivity contribution in [3.05, 3.63) is 72.7 Å². The van der Waals surface area contributed by atoms with Crippen molar-refractivity contribution >= 4 is 17.0 Å². The number of nitrogen functional groups attached to an aromatic ring is 1. The molecule has 0 spiro atoms. The number of anilines is 1. The fraction of sp³-hybridized carbons (Fsp3) is 0.0909. The van der Waals surface area contributed by atoms with Crippen molar-refractivity contribution in [1.29, 1.82) is 0 Å². The van der Waals surface area contributed by atoms with Crippen LogP contribution in [0.3, 0.4) is 0 Å². The highest BCUT2D eigenvalue weighted by Crippen LogP contribution is 2.36. The smallest absolute Gasteiger partial charge is 0.167 e. The quantitative estimate of drug-likeness (QED) is 0.469. The van der Waals surface area contributed by atoms with Crippen molar-refractivity contribution in [1.82, 2.24) is 29.3 Å². The van der Waals surface area contributed by atoms with E-state index in [1.807, 2.05) is 59.3 Å². The molecule has 0 saturated heterocycles. The zero-order chi connectivity index (χ0) is 20.9. The Morgan fingerprint density at radius 3 is 2.81 bits per heavy atom. The van der Waals surface area contributed by atoms with E-state index in [0.29, 0.717) is 29.7 Å². The van der Waals surface area contributed by atoms with Gasteiger partial charge in [-0.15, -0.1) is 0 Å². The molecule has 0 bridgehead atoms. The van der Waals surface area contributed by atoms with Crippen molar-refractivity contribution in [2.45, 2.75) is 6.04 Å². The van der Waals surface area contributed by atoms with Crippen molar-refractivity contribution in [2.24, 2.45) is 5.73 Å². The van der Waals surface area contributed by atoms with Gasteiger partial charge in [-0.2, -0.15) is 5.10 Å². The van der Waals surface area contributed by atoms with Gasteiger partial charge in [0.05, 0.1) is 17.3 Å². The summed E-state index contributed by atoms with van der Waals surface area (Å²) in [5, 5.41) is 4.29. The maximum atomic E-state index is 6.20. The van der Waals surface area contributed by atoms with Gasteiger partial charge in [0.1, 0.15) is 23.7 Å². The van der Waals surface area contributed by atoms with Crippen LogP contribution in [0.4, 0.5) is 5.82 Å². The number of hydrogen-bond acceptors (Lipinski definition) is 7. The highest BCUT2D eigenvalue weighted by Gasteiger charge is 2.23. The van der Waals surface area contributed by atoms with Crippen LogP contribution in [-0.2, 0) is 0 Å². The Kier molecular flexibility index (Phi) is 3.77. The van der Waals surface area contributed by atoms with Crippen LogP contribution in [0, 0.1) is 0 Å². The molecule has 4 aromatic heterocycles. The maximum Gasteiger partial charge on any atom is 0.167 e. The monoisotopic (exact) mass is 410 g/mol. The van der Waals surface area contributed by atoms with Crippen LogP contribution in [0.2, 0.25) is 0 Å². The van der Waals surface area contributed by atoms with E-state index >= 15 is 0 Å². The fourth-order valence-corrected chi connectivity index (χ4v) is 3.87. The van der Waals surface area contributed by atoms with Gasteiger partial charge in [-0.1, -0.05) is 6.07 Å². The second-order valence-electron chi connectivity index (χ2n) is 7.31. The van der Waals surface area contributed by atoms with Gasteiger partial charge in [0, 0.05) is 30.2 Å². The van der Waals surface area contributed by atoms with Crippen LogP contribution in [0.25, 0.3) is 34.1 Å². The molecule has 0 radical (unpaired) electrons. The van der Waals surface area contributed by atoms with E-state index in [9.17, 15) is 0 Å². The SMILES string of the molecule is Nc1ncccc1-c1nc2ccc(-n3cccn3)nc2n1-c1ccc2c(c1)OC[C@@H]2N. The first kappa shape index (κ1) is 17.6. The molecule has 5 aromatic rings. The van der Waals surface area contributed by atoms with E-state index in [0.717, 1.165) is 28.1 Å². The second-order valence-corrected chi connectivity index (χ2v) is 7.31. The number of hydrogen-bond donors (Lipinski definition) is 2. The van der Waals surface area contributed by atoms with Crippen LogP contribution in [0.5, 0.6) is 5.75 Å². The summed E-state index contributed by atoms with van der Waals surface area (Å²) in [5.74, 6) is 2.49. The zero-order valence-corrected chi connectivity index (χ0v) is 16.4. The molecule has 0 fully saturated rings. The van der Waals surface area contributed by atoms with Crippen LogP contribution >= 0.6 is 0 Å². The Bertz CT molecular complexity index is 1420. The molecule has 1 aromatic carbocycles. The fourth-order valence-electron chi connectivity index (χ4n) is 3.87. The molecule has 9 heteroatoms. The molecular weight excluding hydrogens is 392 g/mol. The standard InChI is InChI=1S/C22H18N8O/c23-16-12-31-18-11-13(4-5-14(16)18)30-21(15-3-1-8-25-20(15)24)27-17-6-7-19(28-22(17)30)29-10-2-9-26-29/h1-11,16H,12,23H2,(H2,24,25)/t16-/m0/s1. The molecular formula is C22H18N8O. The summed E-state index contributed by atoms with van der Waals surface area (Å²) in [5.41, 5.74) is 16.3. The van der Waals surface area contributed by atoms with E-state index < -0.39 is 0 Å². The Hall–Kier alpha value is -4.24. The number of rotatable bonds is 3. The average molecular weight is 410 g/mol. The number of ether oxygens (including phenoxy) is 1. The van der Waals surface area contributed by atoms with Crippen LogP contribution < -0.4 is 16.2 Å². The number of benzene rings is 1. The second kappa shape index (κ2) is 6.64. The van der Waals surface area contributed by atoms with Gasteiger partial charge in [0.25, 0.3) is 0 Å². The number of fused-ring (bicyclic) bond motifs is 2. The third-order valence-corrected chi connectivity index (χ3v) is 5.38. The Balaban J connectivity index is 1.64.